The first-order chi connectivity index (χ1) is 14.1. The van der Waals surface area contributed by atoms with Crippen molar-refractivity contribution in [3.63, 3.8) is 0 Å². The zero-order chi connectivity index (χ0) is 20.4. The van der Waals surface area contributed by atoms with E-state index < -0.39 is 0 Å². The van der Waals surface area contributed by atoms with Gasteiger partial charge in [0, 0.05) is 37.7 Å². The lowest BCUT2D eigenvalue weighted by Gasteiger charge is -2.15. The summed E-state index contributed by atoms with van der Waals surface area (Å²) in [5, 5.41) is 4.37. The second kappa shape index (κ2) is 7.67. The van der Waals surface area contributed by atoms with Crippen molar-refractivity contribution >= 4 is 17.4 Å². The molecule has 0 aromatic carbocycles. The molecule has 0 spiro atoms. The van der Waals surface area contributed by atoms with Gasteiger partial charge in [0.05, 0.1) is 17.0 Å². The molecular formula is C21H21N7O. The molecule has 0 bridgehead atoms. The number of hydrogen-bond donors (Lipinski definition) is 1. The van der Waals surface area contributed by atoms with E-state index in [1.54, 1.807) is 41.1 Å². The van der Waals surface area contributed by atoms with Crippen molar-refractivity contribution in [3.05, 3.63) is 60.7 Å². The summed E-state index contributed by atoms with van der Waals surface area (Å²) in [7, 11) is 1.78. The Kier molecular flexibility index (Phi) is 4.90. The van der Waals surface area contributed by atoms with Gasteiger partial charge in [-0.3, -0.25) is 9.78 Å². The zero-order valence-electron chi connectivity index (χ0n) is 16.3. The molecule has 29 heavy (non-hydrogen) atoms. The van der Waals surface area contributed by atoms with E-state index >= 15 is 0 Å². The average molecular weight is 387 g/mol. The number of hydrogen-bond acceptors (Lipinski definition) is 6. The van der Waals surface area contributed by atoms with Gasteiger partial charge in [0.1, 0.15) is 5.69 Å². The summed E-state index contributed by atoms with van der Waals surface area (Å²) in [4.78, 5) is 27.6. The number of fused-ring (bicyclic) bond motifs is 1. The molecule has 0 aliphatic carbocycles. The Morgan fingerprint density at radius 3 is 2.72 bits per heavy atom. The first kappa shape index (κ1) is 18.5. The Morgan fingerprint density at radius 1 is 1.14 bits per heavy atom. The van der Waals surface area contributed by atoms with Crippen LogP contribution in [-0.2, 0) is 0 Å². The molecule has 0 radical (unpaired) electrons. The maximum Gasteiger partial charge on any atom is 0.272 e. The van der Waals surface area contributed by atoms with E-state index in [1.807, 2.05) is 37.3 Å². The quantitative estimate of drug-likeness (QED) is 0.565. The van der Waals surface area contributed by atoms with Crippen molar-refractivity contribution in [2.24, 2.45) is 0 Å². The highest BCUT2D eigenvalue weighted by Crippen LogP contribution is 2.28. The van der Waals surface area contributed by atoms with Crippen LogP contribution < -0.4 is 5.73 Å². The van der Waals surface area contributed by atoms with Crippen LogP contribution in [0.2, 0.25) is 0 Å². The Hall–Kier alpha value is -3.81. The second-order valence-corrected chi connectivity index (χ2v) is 6.72. The van der Waals surface area contributed by atoms with E-state index in [2.05, 4.69) is 20.1 Å². The van der Waals surface area contributed by atoms with Crippen LogP contribution >= 0.6 is 0 Å². The summed E-state index contributed by atoms with van der Waals surface area (Å²) >= 11 is 0. The van der Waals surface area contributed by atoms with Gasteiger partial charge in [-0.2, -0.15) is 0 Å². The minimum absolute atomic E-state index is 0.108. The average Bonchev–Trinajstić information content (AvgIpc) is 3.09. The Morgan fingerprint density at radius 2 is 1.97 bits per heavy atom. The normalized spacial score (nSPS) is 11.0. The molecule has 8 nitrogen and oxygen atoms in total. The maximum atomic E-state index is 12.5. The second-order valence-electron chi connectivity index (χ2n) is 6.72. The lowest BCUT2D eigenvalue weighted by Crippen LogP contribution is -2.28. The molecule has 4 heterocycles. The summed E-state index contributed by atoms with van der Waals surface area (Å²) in [5.41, 5.74) is 9.91. The van der Waals surface area contributed by atoms with E-state index in [9.17, 15) is 4.79 Å². The predicted octanol–water partition coefficient (Wildman–Crippen LogP) is 2.92. The third kappa shape index (κ3) is 3.52. The molecular weight excluding hydrogens is 366 g/mol. The molecule has 4 aromatic rings. The van der Waals surface area contributed by atoms with Crippen LogP contribution in [0, 0.1) is 0 Å². The molecule has 2 N–H and O–H groups in total. The number of nitrogen functional groups attached to an aromatic ring is 1. The predicted molar refractivity (Wildman–Crippen MR) is 111 cm³/mol. The van der Waals surface area contributed by atoms with Crippen LogP contribution in [0.15, 0.2) is 55.0 Å². The minimum Gasteiger partial charge on any atom is -0.382 e. The van der Waals surface area contributed by atoms with Crippen LogP contribution in [0.4, 0.5) is 5.82 Å². The largest absolute Gasteiger partial charge is 0.382 e. The Bertz CT molecular complexity index is 1170. The molecule has 0 saturated carbocycles. The lowest BCUT2D eigenvalue weighted by atomic mass is 10.2. The fraction of sp³-hybridized carbons (Fsp3) is 0.190. The number of pyridine rings is 2. The molecule has 4 aromatic heterocycles. The van der Waals surface area contributed by atoms with Gasteiger partial charge in [-0.05, 0) is 30.7 Å². The first-order valence-electron chi connectivity index (χ1n) is 9.36. The van der Waals surface area contributed by atoms with E-state index in [-0.39, 0.29) is 5.91 Å². The number of nitrogens with two attached hydrogens (primary N) is 1. The molecule has 8 heteroatoms. The molecule has 0 atom stereocenters. The highest BCUT2D eigenvalue weighted by atomic mass is 16.2. The smallest absolute Gasteiger partial charge is 0.272 e. The van der Waals surface area contributed by atoms with Gasteiger partial charge in [0.25, 0.3) is 5.91 Å². The fourth-order valence-electron chi connectivity index (χ4n) is 3.19. The summed E-state index contributed by atoms with van der Waals surface area (Å²) in [6, 6.07) is 11.0. The molecule has 0 fully saturated rings. The molecule has 0 saturated heterocycles. The lowest BCUT2D eigenvalue weighted by molar-refractivity contribution is 0.0789. The highest BCUT2D eigenvalue weighted by molar-refractivity contribution is 5.92. The Labute approximate surface area is 168 Å². The van der Waals surface area contributed by atoms with Gasteiger partial charge >= 0.3 is 0 Å². The van der Waals surface area contributed by atoms with E-state index in [0.717, 1.165) is 12.0 Å². The van der Waals surface area contributed by atoms with Gasteiger partial charge in [0.15, 0.2) is 11.5 Å². The minimum atomic E-state index is -0.108. The summed E-state index contributed by atoms with van der Waals surface area (Å²) in [5.74, 6) is 0.245. The van der Waals surface area contributed by atoms with Crippen LogP contribution in [0.5, 0.6) is 0 Å². The van der Waals surface area contributed by atoms with Crippen LogP contribution in [0.3, 0.4) is 0 Å². The summed E-state index contributed by atoms with van der Waals surface area (Å²) in [6.45, 7) is 2.71. The maximum absolute atomic E-state index is 12.5. The topological polar surface area (TPSA) is 102 Å². The molecule has 0 aliphatic heterocycles. The van der Waals surface area contributed by atoms with E-state index in [1.165, 1.54) is 0 Å². The number of carbonyl (C=O) groups is 1. The van der Waals surface area contributed by atoms with E-state index in [4.69, 9.17) is 5.73 Å². The molecule has 1 amide bonds. The van der Waals surface area contributed by atoms with Crippen LogP contribution in [-0.4, -0.2) is 49.0 Å². The van der Waals surface area contributed by atoms with Gasteiger partial charge in [-0.1, -0.05) is 19.1 Å². The zero-order valence-corrected chi connectivity index (χ0v) is 16.3. The van der Waals surface area contributed by atoms with Gasteiger partial charge in [0.2, 0.25) is 0 Å². The van der Waals surface area contributed by atoms with Crippen LogP contribution in [0.1, 0.15) is 23.8 Å². The molecule has 4 rings (SSSR count). The monoisotopic (exact) mass is 387 g/mol. The number of rotatable bonds is 5. The molecule has 0 aliphatic rings. The number of aromatic nitrogens is 5. The molecule has 0 unspecified atom stereocenters. The first-order valence-corrected chi connectivity index (χ1v) is 9.36. The highest BCUT2D eigenvalue weighted by Gasteiger charge is 2.17. The molecule has 146 valence electrons. The fourth-order valence-corrected chi connectivity index (χ4v) is 3.19. The summed E-state index contributed by atoms with van der Waals surface area (Å²) < 4.78 is 1.62. The van der Waals surface area contributed by atoms with Gasteiger partial charge in [-0.25, -0.2) is 14.5 Å². The summed E-state index contributed by atoms with van der Waals surface area (Å²) in [6.07, 6.45) is 6.10. The van der Waals surface area contributed by atoms with Crippen LogP contribution in [0.25, 0.3) is 28.2 Å². The van der Waals surface area contributed by atoms with Gasteiger partial charge < -0.3 is 10.6 Å². The van der Waals surface area contributed by atoms with E-state index in [0.29, 0.717) is 40.7 Å². The SMILES string of the molecule is CCCN(C)C(=O)c1cccc(-c2cnc3c(-c4ccccn4)c(N)nn3c2)n1. The number of anilines is 1. The van der Waals surface area contributed by atoms with Crippen molar-refractivity contribution in [2.45, 2.75) is 13.3 Å². The van der Waals surface area contributed by atoms with Crippen molar-refractivity contribution in [3.8, 4) is 22.5 Å². The number of carbonyl (C=O) groups excluding carboxylic acids is 1. The number of nitrogens with zero attached hydrogens (tertiary/aromatic N) is 6. The number of amides is 1. The standard InChI is InChI=1S/C21H21N7O/c1-3-11-27(2)21(29)17-9-6-8-15(25-17)14-12-24-20-18(16-7-4-5-10-23-16)19(22)26-28(20)13-14/h4-10,12-13H,3,11H2,1-2H3,(H2,22,26). The van der Waals surface area contributed by atoms with Crippen molar-refractivity contribution < 1.29 is 4.79 Å². The third-order valence-corrected chi connectivity index (χ3v) is 4.59. The van der Waals surface area contributed by atoms with Crippen molar-refractivity contribution in [1.82, 2.24) is 29.5 Å². The van der Waals surface area contributed by atoms with Crippen molar-refractivity contribution in [2.75, 3.05) is 19.3 Å². The third-order valence-electron chi connectivity index (χ3n) is 4.59. The Balaban J connectivity index is 1.73. The van der Waals surface area contributed by atoms with Crippen molar-refractivity contribution in [1.29, 1.82) is 0 Å². The van der Waals surface area contributed by atoms with Gasteiger partial charge in [-0.15, -0.1) is 5.10 Å².